The predicted octanol–water partition coefficient (Wildman–Crippen LogP) is 5.26. The third-order valence-electron chi connectivity index (χ3n) is 4.09. The zero-order valence-electron chi connectivity index (χ0n) is 13.8. The van der Waals surface area contributed by atoms with Crippen LogP contribution in [0.25, 0.3) is 0 Å². The number of para-hydroxylation sites is 2. The first-order chi connectivity index (χ1) is 12.7. The maximum Gasteiger partial charge on any atom is 0.255 e. The molecule has 0 radical (unpaired) electrons. The van der Waals surface area contributed by atoms with Crippen molar-refractivity contribution < 1.29 is 9.59 Å². The van der Waals surface area contributed by atoms with E-state index in [1.807, 2.05) is 54.6 Å². The number of hydrogen-bond acceptors (Lipinski definition) is 3. The number of allylic oxidation sites excluding steroid dienone is 1. The van der Waals surface area contributed by atoms with Crippen molar-refractivity contribution in [2.45, 2.75) is 9.79 Å². The van der Waals surface area contributed by atoms with Crippen molar-refractivity contribution in [2.24, 2.45) is 0 Å². The van der Waals surface area contributed by atoms with Crippen LogP contribution in [-0.4, -0.2) is 11.7 Å². The van der Waals surface area contributed by atoms with E-state index in [4.69, 9.17) is 0 Å². The third kappa shape index (κ3) is 3.07. The van der Waals surface area contributed by atoms with E-state index in [2.05, 4.69) is 0 Å². The summed E-state index contributed by atoms with van der Waals surface area (Å²) in [6.07, 6.45) is 2.68. The number of carbonyl (C=O) groups excluding carboxylic acids is 2. The lowest BCUT2D eigenvalue weighted by molar-refractivity contribution is -0.113. The summed E-state index contributed by atoms with van der Waals surface area (Å²) in [7, 11) is 0. The lowest BCUT2D eigenvalue weighted by Gasteiger charge is -2.30. The summed E-state index contributed by atoms with van der Waals surface area (Å²) in [5, 5.41) is 0. The summed E-state index contributed by atoms with van der Waals surface area (Å²) in [6.45, 7) is 0. The van der Waals surface area contributed by atoms with Crippen LogP contribution < -0.4 is 4.90 Å². The number of nitrogens with zero attached hydrogens (tertiary/aromatic N) is 1. The maximum absolute atomic E-state index is 12.9. The molecule has 0 N–H and O–H groups in total. The molecule has 0 saturated heterocycles. The Morgan fingerprint density at radius 2 is 1.23 bits per heavy atom. The molecule has 126 valence electrons. The summed E-state index contributed by atoms with van der Waals surface area (Å²) >= 11 is 1.64. The summed E-state index contributed by atoms with van der Waals surface area (Å²) in [4.78, 5) is 28.9. The second-order valence-corrected chi connectivity index (χ2v) is 6.86. The van der Waals surface area contributed by atoms with Crippen LogP contribution >= 0.6 is 11.8 Å². The number of ketones is 1. The number of carbonyl (C=O) groups is 2. The van der Waals surface area contributed by atoms with Crippen LogP contribution in [0, 0.1) is 0 Å². The molecule has 0 fully saturated rings. The molecular weight excluding hydrogens is 342 g/mol. The van der Waals surface area contributed by atoms with E-state index >= 15 is 0 Å². The topological polar surface area (TPSA) is 37.4 Å². The highest BCUT2D eigenvalue weighted by Crippen LogP contribution is 2.47. The number of anilines is 2. The fourth-order valence-corrected chi connectivity index (χ4v) is 3.92. The molecule has 0 aliphatic carbocycles. The first-order valence-electron chi connectivity index (χ1n) is 8.21. The SMILES string of the molecule is O=C(/C=C/C(=O)N1c2ccccc2Sc2ccccc21)c1ccccc1. The smallest absolute Gasteiger partial charge is 0.255 e. The van der Waals surface area contributed by atoms with Gasteiger partial charge < -0.3 is 0 Å². The highest BCUT2D eigenvalue weighted by molar-refractivity contribution is 7.99. The van der Waals surface area contributed by atoms with Crippen molar-refractivity contribution in [3.05, 3.63) is 96.6 Å². The van der Waals surface area contributed by atoms with E-state index in [0.717, 1.165) is 21.2 Å². The molecule has 0 bridgehead atoms. The average Bonchev–Trinajstić information content (AvgIpc) is 2.70. The zero-order chi connectivity index (χ0) is 17.9. The Labute approximate surface area is 156 Å². The van der Waals surface area contributed by atoms with Gasteiger partial charge in [-0.15, -0.1) is 0 Å². The molecule has 0 spiro atoms. The molecule has 3 aromatic rings. The second-order valence-electron chi connectivity index (χ2n) is 5.77. The number of fused-ring (bicyclic) bond motifs is 2. The molecule has 0 atom stereocenters. The Bertz CT molecular complexity index is 966. The minimum absolute atomic E-state index is 0.188. The van der Waals surface area contributed by atoms with Gasteiger partial charge in [-0.1, -0.05) is 66.4 Å². The molecule has 0 aromatic heterocycles. The summed E-state index contributed by atoms with van der Waals surface area (Å²) in [6, 6.07) is 24.5. The molecule has 1 amide bonds. The monoisotopic (exact) mass is 357 g/mol. The van der Waals surface area contributed by atoms with E-state index in [9.17, 15) is 9.59 Å². The lowest BCUT2D eigenvalue weighted by atomic mass is 10.1. The van der Waals surface area contributed by atoms with Crippen LogP contribution in [0.1, 0.15) is 10.4 Å². The van der Waals surface area contributed by atoms with Crippen molar-refractivity contribution in [3.8, 4) is 0 Å². The van der Waals surface area contributed by atoms with Gasteiger partial charge in [0.15, 0.2) is 5.78 Å². The number of rotatable bonds is 3. The minimum atomic E-state index is -0.241. The highest BCUT2D eigenvalue weighted by atomic mass is 32.2. The van der Waals surface area contributed by atoms with Gasteiger partial charge in [-0.05, 0) is 30.3 Å². The molecule has 3 nitrogen and oxygen atoms in total. The number of hydrogen-bond donors (Lipinski definition) is 0. The van der Waals surface area contributed by atoms with Crippen LogP contribution in [-0.2, 0) is 4.79 Å². The Morgan fingerprint density at radius 3 is 1.85 bits per heavy atom. The lowest BCUT2D eigenvalue weighted by Crippen LogP contribution is -2.26. The van der Waals surface area contributed by atoms with Crippen molar-refractivity contribution in [1.29, 1.82) is 0 Å². The Hall–Kier alpha value is -3.11. The molecule has 0 saturated carbocycles. The fourth-order valence-electron chi connectivity index (χ4n) is 2.86. The molecular formula is C22H15NO2S. The van der Waals surface area contributed by atoms with Crippen molar-refractivity contribution in [2.75, 3.05) is 4.90 Å². The van der Waals surface area contributed by atoms with Crippen LogP contribution in [0.2, 0.25) is 0 Å². The largest absolute Gasteiger partial charge is 0.289 e. The van der Waals surface area contributed by atoms with E-state index in [1.165, 1.54) is 12.2 Å². The Morgan fingerprint density at radius 1 is 0.692 bits per heavy atom. The van der Waals surface area contributed by atoms with Crippen LogP contribution in [0.15, 0.2) is 101 Å². The molecule has 1 aliphatic rings. The number of amides is 1. The van der Waals surface area contributed by atoms with E-state index in [0.29, 0.717) is 5.56 Å². The summed E-state index contributed by atoms with van der Waals surface area (Å²) in [5.74, 6) is -0.429. The van der Waals surface area contributed by atoms with Gasteiger partial charge in [0.2, 0.25) is 0 Å². The van der Waals surface area contributed by atoms with Gasteiger partial charge in [0.25, 0.3) is 5.91 Å². The van der Waals surface area contributed by atoms with Crippen LogP contribution in [0.5, 0.6) is 0 Å². The fraction of sp³-hybridized carbons (Fsp3) is 0. The summed E-state index contributed by atoms with van der Waals surface area (Å²) in [5.41, 5.74) is 2.22. The third-order valence-corrected chi connectivity index (χ3v) is 5.22. The van der Waals surface area contributed by atoms with Gasteiger partial charge in [-0.2, -0.15) is 0 Å². The van der Waals surface area contributed by atoms with Crippen LogP contribution in [0.4, 0.5) is 11.4 Å². The standard InChI is InChI=1S/C22H15NO2S/c24-19(16-8-2-1-3-9-16)14-15-22(25)23-17-10-4-6-12-20(17)26-21-13-7-5-11-18(21)23/h1-15H/b15-14+. The van der Waals surface area contributed by atoms with Gasteiger partial charge in [0.05, 0.1) is 11.4 Å². The van der Waals surface area contributed by atoms with Crippen LogP contribution in [0.3, 0.4) is 0 Å². The Kier molecular flexibility index (Phi) is 4.42. The first kappa shape index (κ1) is 16.4. The minimum Gasteiger partial charge on any atom is -0.289 e. The molecule has 26 heavy (non-hydrogen) atoms. The second kappa shape index (κ2) is 7.02. The van der Waals surface area contributed by atoms with Gasteiger partial charge in [0.1, 0.15) is 0 Å². The highest BCUT2D eigenvalue weighted by Gasteiger charge is 2.26. The summed E-state index contributed by atoms with van der Waals surface area (Å²) < 4.78 is 0. The van der Waals surface area contributed by atoms with Gasteiger partial charge in [-0.3, -0.25) is 14.5 Å². The molecule has 4 rings (SSSR count). The van der Waals surface area contributed by atoms with Gasteiger partial charge >= 0.3 is 0 Å². The molecule has 4 heteroatoms. The Balaban J connectivity index is 1.68. The first-order valence-corrected chi connectivity index (χ1v) is 9.03. The quantitative estimate of drug-likeness (QED) is 0.474. The van der Waals surface area contributed by atoms with E-state index < -0.39 is 0 Å². The van der Waals surface area contributed by atoms with Gasteiger partial charge in [0, 0.05) is 21.4 Å². The van der Waals surface area contributed by atoms with E-state index in [1.54, 1.807) is 40.9 Å². The number of benzene rings is 3. The normalized spacial score (nSPS) is 12.5. The average molecular weight is 357 g/mol. The predicted molar refractivity (Wildman–Crippen MR) is 104 cm³/mol. The molecule has 1 heterocycles. The maximum atomic E-state index is 12.9. The molecule has 3 aromatic carbocycles. The van der Waals surface area contributed by atoms with E-state index in [-0.39, 0.29) is 11.7 Å². The van der Waals surface area contributed by atoms with Crippen molar-refractivity contribution in [1.82, 2.24) is 0 Å². The van der Waals surface area contributed by atoms with Gasteiger partial charge in [-0.25, -0.2) is 0 Å². The van der Waals surface area contributed by atoms with Crippen molar-refractivity contribution >= 4 is 34.8 Å². The zero-order valence-corrected chi connectivity index (χ0v) is 14.6. The van der Waals surface area contributed by atoms with Crippen molar-refractivity contribution in [3.63, 3.8) is 0 Å². The molecule has 0 unspecified atom stereocenters. The molecule has 1 aliphatic heterocycles.